The third kappa shape index (κ3) is 4.07. The number of carbonyl (C=O) groups is 1. The lowest BCUT2D eigenvalue weighted by molar-refractivity contribution is -0.125. The molecule has 0 saturated carbocycles. The Morgan fingerprint density at radius 1 is 1.50 bits per heavy atom. The molecular formula is C10H22N2O2. The van der Waals surface area contributed by atoms with Gasteiger partial charge >= 0.3 is 0 Å². The minimum absolute atomic E-state index is 0.124. The van der Waals surface area contributed by atoms with E-state index in [1.54, 1.807) is 7.11 Å². The summed E-state index contributed by atoms with van der Waals surface area (Å²) in [6, 6.07) is 0.207. The van der Waals surface area contributed by atoms with E-state index in [1.807, 2.05) is 27.7 Å². The number of hydrogen-bond acceptors (Lipinski definition) is 3. The molecule has 3 N–H and O–H groups in total. The molecule has 14 heavy (non-hydrogen) atoms. The van der Waals surface area contributed by atoms with Gasteiger partial charge < -0.3 is 15.8 Å². The fraction of sp³-hybridized carbons (Fsp3) is 0.900. The lowest BCUT2D eigenvalue weighted by Crippen LogP contribution is -2.46. The van der Waals surface area contributed by atoms with Gasteiger partial charge in [0.1, 0.15) is 0 Å². The Morgan fingerprint density at radius 2 is 2.00 bits per heavy atom. The number of nitrogens with one attached hydrogen (secondary N) is 1. The van der Waals surface area contributed by atoms with Crippen LogP contribution in [0.1, 0.15) is 27.7 Å². The zero-order chi connectivity index (χ0) is 11.4. The van der Waals surface area contributed by atoms with Crippen molar-refractivity contribution in [3.05, 3.63) is 0 Å². The molecular weight excluding hydrogens is 180 g/mol. The van der Waals surface area contributed by atoms with Crippen LogP contribution in [0.5, 0.6) is 0 Å². The third-order valence-corrected chi connectivity index (χ3v) is 2.61. The second-order valence-electron chi connectivity index (χ2n) is 4.36. The molecule has 4 nitrogen and oxygen atoms in total. The van der Waals surface area contributed by atoms with Crippen LogP contribution in [-0.2, 0) is 9.53 Å². The van der Waals surface area contributed by atoms with Crippen molar-refractivity contribution in [2.45, 2.75) is 39.8 Å². The van der Waals surface area contributed by atoms with Crippen molar-refractivity contribution in [3.8, 4) is 0 Å². The number of rotatable bonds is 6. The molecule has 0 aliphatic heterocycles. The van der Waals surface area contributed by atoms with Crippen LogP contribution in [0.3, 0.4) is 0 Å². The van der Waals surface area contributed by atoms with Gasteiger partial charge in [-0.3, -0.25) is 4.79 Å². The van der Waals surface area contributed by atoms with Gasteiger partial charge in [0, 0.05) is 19.7 Å². The van der Waals surface area contributed by atoms with E-state index in [2.05, 4.69) is 5.32 Å². The Balaban J connectivity index is 3.99. The van der Waals surface area contributed by atoms with Crippen molar-refractivity contribution < 1.29 is 9.53 Å². The number of nitrogens with two attached hydrogens (primary N) is 1. The van der Waals surface area contributed by atoms with E-state index in [0.29, 0.717) is 6.54 Å². The van der Waals surface area contributed by atoms with Crippen LogP contribution in [0.4, 0.5) is 0 Å². The highest BCUT2D eigenvalue weighted by Crippen LogP contribution is 2.12. The van der Waals surface area contributed by atoms with Crippen molar-refractivity contribution in [2.75, 3.05) is 13.7 Å². The second-order valence-corrected chi connectivity index (χ2v) is 4.36. The SMILES string of the molecule is COC(C)C(C)NCC(C)(C)C(N)=O. The molecule has 2 atom stereocenters. The van der Waals surface area contributed by atoms with Gasteiger partial charge in [0.25, 0.3) is 0 Å². The van der Waals surface area contributed by atoms with E-state index in [0.717, 1.165) is 0 Å². The predicted molar refractivity (Wildman–Crippen MR) is 56.9 cm³/mol. The van der Waals surface area contributed by atoms with Gasteiger partial charge in [-0.2, -0.15) is 0 Å². The summed E-state index contributed by atoms with van der Waals surface area (Å²) in [6.07, 6.45) is 0.124. The Morgan fingerprint density at radius 3 is 2.36 bits per heavy atom. The Hall–Kier alpha value is -0.610. The fourth-order valence-corrected chi connectivity index (χ4v) is 0.873. The van der Waals surface area contributed by atoms with Crippen molar-refractivity contribution in [1.82, 2.24) is 5.32 Å². The lowest BCUT2D eigenvalue weighted by Gasteiger charge is -2.26. The van der Waals surface area contributed by atoms with E-state index in [4.69, 9.17) is 10.5 Å². The molecule has 0 radical (unpaired) electrons. The van der Waals surface area contributed by atoms with E-state index >= 15 is 0 Å². The quantitative estimate of drug-likeness (QED) is 0.659. The van der Waals surface area contributed by atoms with E-state index in [-0.39, 0.29) is 18.1 Å². The predicted octanol–water partition coefficient (Wildman–Crippen LogP) is 0.511. The summed E-state index contributed by atoms with van der Waals surface area (Å²) in [5, 5.41) is 3.23. The van der Waals surface area contributed by atoms with Crippen LogP contribution in [0.15, 0.2) is 0 Å². The van der Waals surface area contributed by atoms with E-state index < -0.39 is 5.41 Å². The number of amides is 1. The number of hydrogen-bond donors (Lipinski definition) is 2. The Labute approximate surface area is 86.2 Å². The molecule has 84 valence electrons. The van der Waals surface area contributed by atoms with Crippen molar-refractivity contribution in [2.24, 2.45) is 11.1 Å². The maximum Gasteiger partial charge on any atom is 0.224 e. The Bertz CT molecular complexity index is 193. The first-order valence-corrected chi connectivity index (χ1v) is 4.87. The van der Waals surface area contributed by atoms with Crippen molar-refractivity contribution in [3.63, 3.8) is 0 Å². The van der Waals surface area contributed by atoms with Gasteiger partial charge in [0.05, 0.1) is 11.5 Å². The number of methoxy groups -OCH3 is 1. The molecule has 0 aromatic carbocycles. The van der Waals surface area contributed by atoms with Gasteiger partial charge in [0.15, 0.2) is 0 Å². The number of ether oxygens (including phenoxy) is 1. The van der Waals surface area contributed by atoms with Crippen LogP contribution in [0, 0.1) is 5.41 Å². The molecule has 0 spiro atoms. The van der Waals surface area contributed by atoms with Crippen molar-refractivity contribution in [1.29, 1.82) is 0 Å². The van der Waals surface area contributed by atoms with Crippen LogP contribution < -0.4 is 11.1 Å². The minimum Gasteiger partial charge on any atom is -0.380 e. The van der Waals surface area contributed by atoms with Gasteiger partial charge in [-0.15, -0.1) is 0 Å². The van der Waals surface area contributed by atoms with Gasteiger partial charge in [-0.1, -0.05) is 0 Å². The summed E-state index contributed by atoms with van der Waals surface area (Å²) in [7, 11) is 1.67. The third-order valence-electron chi connectivity index (χ3n) is 2.61. The molecule has 1 amide bonds. The molecule has 0 aromatic heterocycles. The smallest absolute Gasteiger partial charge is 0.224 e. The second kappa shape index (κ2) is 5.32. The van der Waals surface area contributed by atoms with Crippen molar-refractivity contribution >= 4 is 5.91 Å². The summed E-state index contributed by atoms with van der Waals surface area (Å²) < 4.78 is 5.16. The first-order chi connectivity index (χ1) is 6.31. The fourth-order valence-electron chi connectivity index (χ4n) is 0.873. The summed E-state index contributed by atoms with van der Waals surface area (Å²) in [5.41, 5.74) is 4.74. The number of carbonyl (C=O) groups excluding carboxylic acids is 1. The summed E-state index contributed by atoms with van der Waals surface area (Å²) in [4.78, 5) is 11.0. The summed E-state index contributed by atoms with van der Waals surface area (Å²) in [5.74, 6) is -0.290. The summed E-state index contributed by atoms with van der Waals surface area (Å²) in [6.45, 7) is 8.22. The molecule has 2 unspecified atom stereocenters. The average molecular weight is 202 g/mol. The molecule has 0 fully saturated rings. The molecule has 0 bridgehead atoms. The molecule has 0 aliphatic rings. The van der Waals surface area contributed by atoms with Crippen LogP contribution in [0.2, 0.25) is 0 Å². The maximum absolute atomic E-state index is 11.0. The minimum atomic E-state index is -0.512. The standard InChI is InChI=1S/C10H22N2O2/c1-7(8(2)14-5)12-6-10(3,4)9(11)13/h7-8,12H,6H2,1-5H3,(H2,11,13). The number of primary amides is 1. The normalized spacial score (nSPS) is 16.4. The zero-order valence-corrected chi connectivity index (χ0v) is 9.76. The molecule has 0 aliphatic carbocycles. The molecule has 0 aromatic rings. The summed E-state index contributed by atoms with van der Waals surface area (Å²) >= 11 is 0. The maximum atomic E-state index is 11.0. The van der Waals surface area contributed by atoms with Crippen LogP contribution in [0.25, 0.3) is 0 Å². The molecule has 0 saturated heterocycles. The molecule has 0 rings (SSSR count). The van der Waals surface area contributed by atoms with Gasteiger partial charge in [0.2, 0.25) is 5.91 Å². The highest BCUT2D eigenvalue weighted by Gasteiger charge is 2.25. The van der Waals surface area contributed by atoms with Crippen LogP contribution in [-0.4, -0.2) is 31.7 Å². The van der Waals surface area contributed by atoms with E-state index in [1.165, 1.54) is 0 Å². The lowest BCUT2D eigenvalue weighted by atomic mass is 9.92. The highest BCUT2D eigenvalue weighted by molar-refractivity contribution is 5.80. The molecule has 4 heteroatoms. The van der Waals surface area contributed by atoms with E-state index in [9.17, 15) is 4.79 Å². The highest BCUT2D eigenvalue weighted by atomic mass is 16.5. The van der Waals surface area contributed by atoms with Gasteiger partial charge in [-0.25, -0.2) is 0 Å². The Kier molecular flexibility index (Phi) is 5.08. The topological polar surface area (TPSA) is 64.3 Å². The molecule has 0 heterocycles. The first kappa shape index (κ1) is 13.4. The monoisotopic (exact) mass is 202 g/mol. The van der Waals surface area contributed by atoms with Gasteiger partial charge in [-0.05, 0) is 27.7 Å². The average Bonchev–Trinajstić information content (AvgIpc) is 2.12. The first-order valence-electron chi connectivity index (χ1n) is 4.87. The van der Waals surface area contributed by atoms with Crippen LogP contribution >= 0.6 is 0 Å². The largest absolute Gasteiger partial charge is 0.380 e. The zero-order valence-electron chi connectivity index (χ0n) is 9.76.